The molecule has 0 fully saturated rings. The second-order valence-electron chi connectivity index (χ2n) is 4.76. The maximum Gasteiger partial charge on any atom is 0.308 e. The maximum absolute atomic E-state index is 12.2. The standard InChI is InChI=1S/C14H18N2O6/c1-4-22-10-5-6-12(16(20)21)11(7-10)13(17)15-9(3)8(2)14(18)19/h5-9H,4H2,1-3H3,(H,15,17)(H,18,19). The molecule has 0 aliphatic heterocycles. The number of carbonyl (C=O) groups excluding carboxylic acids is 1. The minimum atomic E-state index is -1.06. The van der Waals surface area contributed by atoms with Crippen LogP contribution in [0.25, 0.3) is 0 Å². The lowest BCUT2D eigenvalue weighted by Gasteiger charge is -2.18. The van der Waals surface area contributed by atoms with Gasteiger partial charge in [-0.2, -0.15) is 0 Å². The molecule has 0 saturated heterocycles. The Labute approximate surface area is 127 Å². The van der Waals surface area contributed by atoms with Gasteiger partial charge < -0.3 is 15.2 Å². The molecular weight excluding hydrogens is 292 g/mol. The van der Waals surface area contributed by atoms with Crippen LogP contribution in [-0.2, 0) is 4.79 Å². The average molecular weight is 310 g/mol. The van der Waals surface area contributed by atoms with Gasteiger partial charge in [-0.15, -0.1) is 0 Å². The van der Waals surface area contributed by atoms with Crippen LogP contribution in [0.5, 0.6) is 5.75 Å². The zero-order chi connectivity index (χ0) is 16.9. The first-order chi connectivity index (χ1) is 10.3. The SMILES string of the molecule is CCOc1ccc([N+](=O)[O-])c(C(=O)NC(C)C(C)C(=O)O)c1. The Morgan fingerprint density at radius 1 is 1.41 bits per heavy atom. The molecule has 0 radical (unpaired) electrons. The molecule has 1 aromatic rings. The average Bonchev–Trinajstić information content (AvgIpc) is 2.46. The second-order valence-corrected chi connectivity index (χ2v) is 4.76. The lowest BCUT2D eigenvalue weighted by atomic mass is 10.0. The molecule has 0 aromatic heterocycles. The molecule has 0 heterocycles. The van der Waals surface area contributed by atoms with E-state index in [0.29, 0.717) is 12.4 Å². The molecule has 0 saturated carbocycles. The van der Waals surface area contributed by atoms with Crippen molar-refractivity contribution in [1.29, 1.82) is 0 Å². The van der Waals surface area contributed by atoms with Crippen LogP contribution >= 0.6 is 0 Å². The van der Waals surface area contributed by atoms with Crippen LogP contribution < -0.4 is 10.1 Å². The van der Waals surface area contributed by atoms with Crippen LogP contribution in [0.2, 0.25) is 0 Å². The van der Waals surface area contributed by atoms with Gasteiger partial charge in [-0.3, -0.25) is 19.7 Å². The Balaban J connectivity index is 3.06. The number of nitro groups is 1. The van der Waals surface area contributed by atoms with Crippen molar-refractivity contribution in [1.82, 2.24) is 5.32 Å². The molecule has 0 bridgehead atoms. The summed E-state index contributed by atoms with van der Waals surface area (Å²) >= 11 is 0. The Kier molecular flexibility index (Phi) is 5.85. The molecular formula is C14H18N2O6. The summed E-state index contributed by atoms with van der Waals surface area (Å²) in [5.74, 6) is -2.27. The molecule has 8 heteroatoms. The number of carboxylic acid groups (broad SMARTS) is 1. The molecule has 22 heavy (non-hydrogen) atoms. The monoisotopic (exact) mass is 310 g/mol. The van der Waals surface area contributed by atoms with Crippen molar-refractivity contribution in [3.8, 4) is 5.75 Å². The number of ether oxygens (including phenoxy) is 1. The molecule has 120 valence electrons. The number of hydrogen-bond acceptors (Lipinski definition) is 5. The third kappa shape index (κ3) is 4.18. The molecule has 1 amide bonds. The van der Waals surface area contributed by atoms with Gasteiger partial charge in [-0.1, -0.05) is 0 Å². The molecule has 0 spiro atoms. The molecule has 0 aliphatic rings. The number of rotatable bonds is 7. The van der Waals surface area contributed by atoms with Crippen LogP contribution in [0, 0.1) is 16.0 Å². The van der Waals surface area contributed by atoms with E-state index in [2.05, 4.69) is 5.32 Å². The molecule has 2 N–H and O–H groups in total. The Morgan fingerprint density at radius 3 is 2.55 bits per heavy atom. The molecule has 0 aliphatic carbocycles. The van der Waals surface area contributed by atoms with Crippen molar-refractivity contribution in [3.05, 3.63) is 33.9 Å². The van der Waals surface area contributed by atoms with E-state index in [1.54, 1.807) is 6.92 Å². The first-order valence-corrected chi connectivity index (χ1v) is 6.72. The van der Waals surface area contributed by atoms with Crippen molar-refractivity contribution in [2.75, 3.05) is 6.61 Å². The minimum absolute atomic E-state index is 0.166. The summed E-state index contributed by atoms with van der Waals surface area (Å²) < 4.78 is 5.23. The predicted octanol–water partition coefficient (Wildman–Crippen LogP) is 1.83. The fourth-order valence-corrected chi connectivity index (χ4v) is 1.74. The number of carbonyl (C=O) groups is 2. The lowest BCUT2D eigenvalue weighted by Crippen LogP contribution is -2.40. The van der Waals surface area contributed by atoms with Crippen molar-refractivity contribution in [2.45, 2.75) is 26.8 Å². The van der Waals surface area contributed by atoms with E-state index < -0.39 is 28.8 Å². The van der Waals surface area contributed by atoms with Gasteiger partial charge in [0.2, 0.25) is 0 Å². The van der Waals surface area contributed by atoms with Gasteiger partial charge in [0.25, 0.3) is 11.6 Å². The number of nitrogens with one attached hydrogen (secondary N) is 1. The highest BCUT2D eigenvalue weighted by atomic mass is 16.6. The van der Waals surface area contributed by atoms with Crippen LogP contribution in [0.3, 0.4) is 0 Å². The number of aliphatic carboxylic acids is 1. The van der Waals surface area contributed by atoms with Crippen molar-refractivity contribution in [2.24, 2.45) is 5.92 Å². The summed E-state index contributed by atoms with van der Waals surface area (Å²) in [4.78, 5) is 33.4. The number of amides is 1. The van der Waals surface area contributed by atoms with Gasteiger partial charge >= 0.3 is 5.97 Å². The van der Waals surface area contributed by atoms with Crippen molar-refractivity contribution in [3.63, 3.8) is 0 Å². The Bertz CT molecular complexity index is 587. The molecule has 8 nitrogen and oxygen atoms in total. The summed E-state index contributed by atoms with van der Waals surface area (Å²) in [6, 6.07) is 3.18. The Morgan fingerprint density at radius 2 is 2.05 bits per heavy atom. The van der Waals surface area contributed by atoms with E-state index in [0.717, 1.165) is 0 Å². The summed E-state index contributed by atoms with van der Waals surface area (Å²) in [6.45, 7) is 5.07. The van der Waals surface area contributed by atoms with Crippen molar-refractivity contribution >= 4 is 17.6 Å². The van der Waals surface area contributed by atoms with E-state index in [9.17, 15) is 19.7 Å². The van der Waals surface area contributed by atoms with Crippen LogP contribution in [0.15, 0.2) is 18.2 Å². The normalized spacial score (nSPS) is 13.0. The zero-order valence-electron chi connectivity index (χ0n) is 12.5. The van der Waals surface area contributed by atoms with Gasteiger partial charge in [-0.05, 0) is 32.9 Å². The first-order valence-electron chi connectivity index (χ1n) is 6.72. The summed E-state index contributed by atoms with van der Waals surface area (Å²) in [5, 5.41) is 22.4. The fourth-order valence-electron chi connectivity index (χ4n) is 1.74. The van der Waals surface area contributed by atoms with E-state index >= 15 is 0 Å². The number of hydrogen-bond donors (Lipinski definition) is 2. The third-order valence-electron chi connectivity index (χ3n) is 3.22. The summed E-state index contributed by atoms with van der Waals surface area (Å²) in [6.07, 6.45) is 0. The van der Waals surface area contributed by atoms with E-state index in [-0.39, 0.29) is 11.3 Å². The number of nitrogens with zero attached hydrogens (tertiary/aromatic N) is 1. The molecule has 2 unspecified atom stereocenters. The van der Waals surface area contributed by atoms with Crippen LogP contribution in [0.4, 0.5) is 5.69 Å². The van der Waals surface area contributed by atoms with Gasteiger partial charge in [-0.25, -0.2) is 0 Å². The van der Waals surface area contributed by atoms with Gasteiger partial charge in [0.15, 0.2) is 0 Å². The highest BCUT2D eigenvalue weighted by Gasteiger charge is 2.26. The quantitative estimate of drug-likeness (QED) is 0.586. The number of benzene rings is 1. The fraction of sp³-hybridized carbons (Fsp3) is 0.429. The Hall–Kier alpha value is -2.64. The van der Waals surface area contributed by atoms with Crippen LogP contribution in [-0.4, -0.2) is 34.6 Å². The van der Waals surface area contributed by atoms with E-state index in [4.69, 9.17) is 9.84 Å². The highest BCUT2D eigenvalue weighted by molar-refractivity contribution is 5.99. The lowest BCUT2D eigenvalue weighted by molar-refractivity contribution is -0.385. The topological polar surface area (TPSA) is 119 Å². The second kappa shape index (κ2) is 7.39. The van der Waals surface area contributed by atoms with Gasteiger partial charge in [0.1, 0.15) is 11.3 Å². The third-order valence-corrected chi connectivity index (χ3v) is 3.22. The predicted molar refractivity (Wildman–Crippen MR) is 78.0 cm³/mol. The summed E-state index contributed by atoms with van der Waals surface area (Å²) in [7, 11) is 0. The van der Waals surface area contributed by atoms with Gasteiger partial charge in [0, 0.05) is 12.1 Å². The zero-order valence-corrected chi connectivity index (χ0v) is 12.5. The number of nitro benzene ring substituents is 1. The maximum atomic E-state index is 12.2. The van der Waals surface area contributed by atoms with E-state index in [1.165, 1.54) is 32.0 Å². The highest BCUT2D eigenvalue weighted by Crippen LogP contribution is 2.24. The van der Waals surface area contributed by atoms with Gasteiger partial charge in [0.05, 0.1) is 17.4 Å². The van der Waals surface area contributed by atoms with Crippen LogP contribution in [0.1, 0.15) is 31.1 Å². The largest absolute Gasteiger partial charge is 0.494 e. The number of carboxylic acids is 1. The molecule has 1 aromatic carbocycles. The van der Waals surface area contributed by atoms with Crippen molar-refractivity contribution < 1.29 is 24.4 Å². The first kappa shape index (κ1) is 17.4. The summed E-state index contributed by atoms with van der Waals surface area (Å²) in [5.41, 5.74) is -0.531. The molecule has 2 atom stereocenters. The minimum Gasteiger partial charge on any atom is -0.494 e. The molecule has 1 rings (SSSR count). The smallest absolute Gasteiger partial charge is 0.308 e. The van der Waals surface area contributed by atoms with E-state index in [1.807, 2.05) is 0 Å².